The lowest BCUT2D eigenvalue weighted by molar-refractivity contribution is -0.164. The van der Waals surface area contributed by atoms with Gasteiger partial charge in [-0.3, -0.25) is 4.79 Å². The van der Waals surface area contributed by atoms with Crippen LogP contribution in [0.25, 0.3) is 0 Å². The third-order valence-corrected chi connectivity index (χ3v) is 4.16. The van der Waals surface area contributed by atoms with Gasteiger partial charge in [0.2, 0.25) is 5.91 Å². The number of likely N-dealkylation sites (tertiary alicyclic amines) is 1. The van der Waals surface area contributed by atoms with E-state index in [1.54, 1.807) is 11.8 Å². The molecular weight excluding hydrogens is 292 g/mol. The summed E-state index contributed by atoms with van der Waals surface area (Å²) in [4.78, 5) is 26.5. The molecule has 1 aliphatic heterocycles. The van der Waals surface area contributed by atoms with Crippen LogP contribution in [0.2, 0.25) is 0 Å². The van der Waals surface area contributed by atoms with E-state index in [1.165, 1.54) is 0 Å². The molecule has 1 aliphatic carbocycles. The topological polar surface area (TPSA) is 72.6 Å². The molecule has 0 aromatic rings. The highest BCUT2D eigenvalue weighted by molar-refractivity contribution is 5.88. The molecule has 0 spiro atoms. The molecule has 1 amide bonds. The molecule has 0 radical (unpaired) electrons. The third-order valence-electron chi connectivity index (χ3n) is 4.16. The number of carbonyl (C=O) groups is 2. The monoisotopic (exact) mass is 318 g/mol. The fourth-order valence-electron chi connectivity index (χ4n) is 3.42. The average molecular weight is 319 g/mol. The second kappa shape index (κ2) is 6.53. The quantitative estimate of drug-likeness (QED) is 0.789. The zero-order valence-electron chi connectivity index (χ0n) is 13.3. The number of hydrogen-bond donors (Lipinski definition) is 1. The molecular formula is C15H27ClN2O3. The number of halogens is 1. The van der Waals surface area contributed by atoms with Gasteiger partial charge < -0.3 is 15.4 Å². The summed E-state index contributed by atoms with van der Waals surface area (Å²) in [5, 5.41) is 0. The Kier molecular flexibility index (Phi) is 5.67. The van der Waals surface area contributed by atoms with Crippen LogP contribution in [0.15, 0.2) is 0 Å². The molecule has 2 N–H and O–H groups in total. The number of nitrogens with zero attached hydrogens (tertiary/aromatic N) is 1. The van der Waals surface area contributed by atoms with Crippen LogP contribution >= 0.6 is 12.4 Å². The first-order chi connectivity index (χ1) is 9.20. The highest BCUT2D eigenvalue weighted by Crippen LogP contribution is 2.42. The van der Waals surface area contributed by atoms with E-state index in [0.717, 1.165) is 25.7 Å². The summed E-state index contributed by atoms with van der Waals surface area (Å²) >= 11 is 0. The van der Waals surface area contributed by atoms with Crippen molar-refractivity contribution in [1.29, 1.82) is 0 Å². The molecule has 0 unspecified atom stereocenters. The number of amides is 1. The van der Waals surface area contributed by atoms with Crippen molar-refractivity contribution in [3.05, 3.63) is 0 Å². The van der Waals surface area contributed by atoms with Crippen LogP contribution in [0.3, 0.4) is 0 Å². The van der Waals surface area contributed by atoms with Crippen LogP contribution in [0, 0.1) is 5.92 Å². The van der Waals surface area contributed by atoms with E-state index in [-0.39, 0.29) is 30.3 Å². The Morgan fingerprint density at radius 1 is 1.29 bits per heavy atom. The predicted octanol–water partition coefficient (Wildman–Crippen LogP) is 1.87. The van der Waals surface area contributed by atoms with Crippen molar-refractivity contribution >= 4 is 24.3 Å². The van der Waals surface area contributed by atoms with Crippen LogP contribution in [-0.4, -0.2) is 40.5 Å². The lowest BCUT2D eigenvalue weighted by atomic mass is 10.0. The number of esters is 1. The highest BCUT2D eigenvalue weighted by atomic mass is 35.5. The minimum absolute atomic E-state index is 0. The Labute approximate surface area is 133 Å². The van der Waals surface area contributed by atoms with E-state index in [0.29, 0.717) is 5.92 Å². The van der Waals surface area contributed by atoms with Gasteiger partial charge >= 0.3 is 5.97 Å². The van der Waals surface area contributed by atoms with E-state index in [9.17, 15) is 9.59 Å². The molecule has 122 valence electrons. The molecule has 1 saturated carbocycles. The number of nitrogens with two attached hydrogens (primary N) is 1. The lowest BCUT2D eigenvalue weighted by Gasteiger charge is -2.31. The molecule has 0 aromatic carbocycles. The molecule has 1 saturated heterocycles. The van der Waals surface area contributed by atoms with Gasteiger partial charge in [0, 0.05) is 6.04 Å². The maximum Gasteiger partial charge on any atom is 0.329 e. The Hall–Kier alpha value is -0.810. The second-order valence-electron chi connectivity index (χ2n) is 7.08. The van der Waals surface area contributed by atoms with Crippen molar-refractivity contribution in [2.45, 2.75) is 77.1 Å². The van der Waals surface area contributed by atoms with Crippen LogP contribution < -0.4 is 5.73 Å². The second-order valence-corrected chi connectivity index (χ2v) is 7.08. The smallest absolute Gasteiger partial charge is 0.329 e. The molecule has 5 nitrogen and oxygen atoms in total. The molecule has 2 rings (SSSR count). The maximum atomic E-state index is 12.4. The Morgan fingerprint density at radius 2 is 1.90 bits per heavy atom. The summed E-state index contributed by atoms with van der Waals surface area (Å²) in [6.45, 7) is 7.21. The fraction of sp³-hybridized carbons (Fsp3) is 0.867. The van der Waals surface area contributed by atoms with Gasteiger partial charge in [-0.1, -0.05) is 6.42 Å². The predicted molar refractivity (Wildman–Crippen MR) is 83.1 cm³/mol. The zero-order chi connectivity index (χ0) is 15.1. The molecule has 2 aliphatic rings. The van der Waals surface area contributed by atoms with Gasteiger partial charge in [0.25, 0.3) is 0 Å². The largest absolute Gasteiger partial charge is 0.458 e. The molecule has 0 bridgehead atoms. The summed E-state index contributed by atoms with van der Waals surface area (Å²) in [6, 6.07) is -0.853. The van der Waals surface area contributed by atoms with Crippen molar-refractivity contribution in [2.75, 3.05) is 0 Å². The van der Waals surface area contributed by atoms with Crippen molar-refractivity contribution in [2.24, 2.45) is 11.7 Å². The van der Waals surface area contributed by atoms with Crippen LogP contribution in [0.5, 0.6) is 0 Å². The molecule has 6 heteroatoms. The number of fused-ring (bicyclic) bond motifs is 1. The lowest BCUT2D eigenvalue weighted by Crippen LogP contribution is -2.51. The van der Waals surface area contributed by atoms with Crippen LogP contribution in [-0.2, 0) is 14.3 Å². The molecule has 0 aromatic heterocycles. The standard InChI is InChI=1S/C15H26N2O3.ClH/c1-9(16)13(18)17-11-7-5-6-10(11)8-12(17)14(19)20-15(2,3)4;/h9-12H,5-8,16H2,1-4H3;1H/t9-,10+,11-,12-;/m0./s1. The first-order valence-electron chi connectivity index (χ1n) is 7.51. The van der Waals surface area contributed by atoms with Crippen molar-refractivity contribution in [3.63, 3.8) is 0 Å². The first-order valence-corrected chi connectivity index (χ1v) is 7.51. The Balaban J connectivity index is 0.00000220. The van der Waals surface area contributed by atoms with Gasteiger partial charge in [0.15, 0.2) is 0 Å². The van der Waals surface area contributed by atoms with Crippen LogP contribution in [0.1, 0.15) is 53.4 Å². The third kappa shape index (κ3) is 3.89. The summed E-state index contributed by atoms with van der Waals surface area (Å²) in [5.74, 6) is 0.00591. The average Bonchev–Trinajstić information content (AvgIpc) is 2.84. The Bertz CT molecular complexity index is 406. The SMILES string of the molecule is C[C@H](N)C(=O)N1[C@H](C(=O)OC(C)(C)C)C[C@H]2CCC[C@@H]21.Cl. The zero-order valence-corrected chi connectivity index (χ0v) is 14.1. The number of carbonyl (C=O) groups excluding carboxylic acids is 2. The minimum atomic E-state index is -0.570. The molecule has 21 heavy (non-hydrogen) atoms. The van der Waals surface area contributed by atoms with E-state index < -0.39 is 17.7 Å². The van der Waals surface area contributed by atoms with Gasteiger partial charge in [-0.05, 0) is 52.9 Å². The molecule has 1 heterocycles. The van der Waals surface area contributed by atoms with Gasteiger partial charge in [0.1, 0.15) is 11.6 Å². The molecule has 4 atom stereocenters. The number of rotatable bonds is 2. The van der Waals surface area contributed by atoms with E-state index >= 15 is 0 Å². The first kappa shape index (κ1) is 18.2. The summed E-state index contributed by atoms with van der Waals surface area (Å²) < 4.78 is 5.47. The number of ether oxygens (including phenoxy) is 1. The summed E-state index contributed by atoms with van der Waals surface area (Å²) in [6.07, 6.45) is 3.91. The van der Waals surface area contributed by atoms with Gasteiger partial charge in [-0.2, -0.15) is 0 Å². The Morgan fingerprint density at radius 3 is 2.43 bits per heavy atom. The van der Waals surface area contributed by atoms with Gasteiger partial charge in [-0.15, -0.1) is 12.4 Å². The number of hydrogen-bond acceptors (Lipinski definition) is 4. The summed E-state index contributed by atoms with van der Waals surface area (Å²) in [7, 11) is 0. The fourth-order valence-corrected chi connectivity index (χ4v) is 3.42. The van der Waals surface area contributed by atoms with Crippen molar-refractivity contribution < 1.29 is 14.3 Å². The van der Waals surface area contributed by atoms with Gasteiger partial charge in [-0.25, -0.2) is 4.79 Å². The normalized spacial score (nSPS) is 29.6. The van der Waals surface area contributed by atoms with E-state index in [2.05, 4.69) is 0 Å². The van der Waals surface area contributed by atoms with Crippen molar-refractivity contribution in [1.82, 2.24) is 4.90 Å². The van der Waals surface area contributed by atoms with E-state index in [1.807, 2.05) is 20.8 Å². The summed E-state index contributed by atoms with van der Waals surface area (Å²) in [5.41, 5.74) is 5.21. The van der Waals surface area contributed by atoms with Crippen LogP contribution in [0.4, 0.5) is 0 Å². The van der Waals surface area contributed by atoms with E-state index in [4.69, 9.17) is 10.5 Å². The van der Waals surface area contributed by atoms with Gasteiger partial charge in [0.05, 0.1) is 6.04 Å². The maximum absolute atomic E-state index is 12.4. The minimum Gasteiger partial charge on any atom is -0.458 e. The highest BCUT2D eigenvalue weighted by Gasteiger charge is 2.50. The molecule has 2 fully saturated rings. The van der Waals surface area contributed by atoms with Crippen molar-refractivity contribution in [3.8, 4) is 0 Å².